The fourth-order valence-corrected chi connectivity index (χ4v) is 4.23. The molecule has 0 unspecified atom stereocenters. The number of aromatic nitrogens is 2. The lowest BCUT2D eigenvalue weighted by atomic mass is 10.0. The van der Waals surface area contributed by atoms with E-state index in [2.05, 4.69) is 43.7 Å². The minimum absolute atomic E-state index is 0.454. The van der Waals surface area contributed by atoms with Crippen LogP contribution >= 0.6 is 27.7 Å². The predicted molar refractivity (Wildman–Crippen MR) is 83.3 cm³/mol. The minimum Gasteiger partial charge on any atom is -0.329 e. The van der Waals surface area contributed by atoms with E-state index in [1.807, 2.05) is 18.8 Å². The second-order valence-corrected chi connectivity index (χ2v) is 6.59. The zero-order valence-electron chi connectivity index (χ0n) is 10.8. The zero-order valence-corrected chi connectivity index (χ0v) is 13.2. The van der Waals surface area contributed by atoms with E-state index >= 15 is 0 Å². The molecule has 0 fully saturated rings. The van der Waals surface area contributed by atoms with Gasteiger partial charge >= 0.3 is 0 Å². The van der Waals surface area contributed by atoms with Gasteiger partial charge in [0.2, 0.25) is 0 Å². The third-order valence-corrected chi connectivity index (χ3v) is 5.26. The molecule has 0 saturated heterocycles. The Balaban J connectivity index is 2.09. The fraction of sp³-hybridized carbons (Fsp3) is 0.357. The molecule has 0 saturated carbocycles. The number of benzene rings is 1. The molecule has 0 radical (unpaired) electrons. The van der Waals surface area contributed by atoms with Crippen LogP contribution in [0.5, 0.6) is 0 Å². The van der Waals surface area contributed by atoms with E-state index in [0.29, 0.717) is 6.54 Å². The molecule has 19 heavy (non-hydrogen) atoms. The van der Waals surface area contributed by atoms with E-state index < -0.39 is 0 Å². The third-order valence-electron chi connectivity index (χ3n) is 3.51. The van der Waals surface area contributed by atoms with Gasteiger partial charge in [0.05, 0.1) is 12.2 Å². The summed E-state index contributed by atoms with van der Waals surface area (Å²) in [5, 5.41) is 0. The molecule has 0 aliphatic carbocycles. The maximum absolute atomic E-state index is 5.71. The van der Waals surface area contributed by atoms with Gasteiger partial charge in [0.25, 0.3) is 0 Å². The Morgan fingerprint density at radius 2 is 2.32 bits per heavy atom. The monoisotopic (exact) mass is 337 g/mol. The molecule has 2 aromatic rings. The molecule has 1 aromatic carbocycles. The molecule has 5 heteroatoms. The summed E-state index contributed by atoms with van der Waals surface area (Å²) in [6.45, 7) is 0.454. The molecule has 3 nitrogen and oxygen atoms in total. The highest BCUT2D eigenvalue weighted by Gasteiger charge is 2.16. The topological polar surface area (TPSA) is 43.8 Å². The molecule has 1 aliphatic heterocycles. The van der Waals surface area contributed by atoms with Crippen molar-refractivity contribution in [3.63, 3.8) is 0 Å². The van der Waals surface area contributed by atoms with Gasteiger partial charge in [-0.3, -0.25) is 0 Å². The Labute approximate surface area is 125 Å². The SMILES string of the molecule is Cn1c(CN)nc(Br)c1-c1ccc2c(c1)CCCS2. The first-order valence-electron chi connectivity index (χ1n) is 6.38. The van der Waals surface area contributed by atoms with Crippen LogP contribution in [0.3, 0.4) is 0 Å². The number of rotatable bonds is 2. The largest absolute Gasteiger partial charge is 0.329 e. The van der Waals surface area contributed by atoms with Gasteiger partial charge in [0, 0.05) is 17.5 Å². The number of aryl methyl sites for hydroxylation is 1. The maximum Gasteiger partial charge on any atom is 0.132 e. The van der Waals surface area contributed by atoms with Gasteiger partial charge in [-0.05, 0) is 52.2 Å². The van der Waals surface area contributed by atoms with Gasteiger partial charge in [-0.1, -0.05) is 6.07 Å². The smallest absolute Gasteiger partial charge is 0.132 e. The number of hydrogen-bond acceptors (Lipinski definition) is 3. The van der Waals surface area contributed by atoms with Crippen LogP contribution < -0.4 is 5.73 Å². The highest BCUT2D eigenvalue weighted by Crippen LogP contribution is 2.35. The standard InChI is InChI=1S/C14H16BrN3S/c1-18-12(8-16)17-14(15)13(18)10-4-5-11-9(7-10)3-2-6-19-11/h4-5,7H,2-3,6,8,16H2,1H3. The van der Waals surface area contributed by atoms with Gasteiger partial charge in [-0.15, -0.1) is 11.8 Å². The zero-order chi connectivity index (χ0) is 13.4. The van der Waals surface area contributed by atoms with Gasteiger partial charge < -0.3 is 10.3 Å². The van der Waals surface area contributed by atoms with E-state index in [-0.39, 0.29) is 0 Å². The van der Waals surface area contributed by atoms with E-state index in [0.717, 1.165) is 16.1 Å². The highest BCUT2D eigenvalue weighted by molar-refractivity contribution is 9.10. The second-order valence-electron chi connectivity index (χ2n) is 4.71. The average molecular weight is 338 g/mol. The summed E-state index contributed by atoms with van der Waals surface area (Å²) in [6.07, 6.45) is 2.44. The lowest BCUT2D eigenvalue weighted by Gasteiger charge is -2.16. The summed E-state index contributed by atoms with van der Waals surface area (Å²) in [5.74, 6) is 2.13. The van der Waals surface area contributed by atoms with E-state index in [9.17, 15) is 0 Å². The van der Waals surface area contributed by atoms with Crippen molar-refractivity contribution < 1.29 is 0 Å². The van der Waals surface area contributed by atoms with Crippen molar-refractivity contribution in [1.82, 2.24) is 9.55 Å². The fourth-order valence-electron chi connectivity index (χ4n) is 2.51. The Morgan fingerprint density at radius 1 is 1.47 bits per heavy atom. The molecule has 1 aliphatic rings. The number of imidazole rings is 1. The van der Waals surface area contributed by atoms with Crippen molar-refractivity contribution in [1.29, 1.82) is 0 Å². The summed E-state index contributed by atoms with van der Waals surface area (Å²) >= 11 is 5.51. The molecule has 0 amide bonds. The van der Waals surface area contributed by atoms with Crippen molar-refractivity contribution in [3.8, 4) is 11.3 Å². The van der Waals surface area contributed by atoms with Crippen LogP contribution in [0.2, 0.25) is 0 Å². The molecular formula is C14H16BrN3S. The summed E-state index contributed by atoms with van der Waals surface area (Å²) in [4.78, 5) is 5.89. The Bertz CT molecular complexity index is 621. The van der Waals surface area contributed by atoms with Gasteiger partial charge in [0.1, 0.15) is 10.4 Å². The van der Waals surface area contributed by atoms with E-state index in [1.54, 1.807) is 0 Å². The lowest BCUT2D eigenvalue weighted by Crippen LogP contribution is -2.05. The van der Waals surface area contributed by atoms with Crippen LogP contribution in [0, 0.1) is 0 Å². The molecule has 2 N–H and O–H groups in total. The van der Waals surface area contributed by atoms with Crippen LogP contribution in [0.1, 0.15) is 17.8 Å². The lowest BCUT2D eigenvalue weighted by molar-refractivity contribution is 0.798. The summed E-state index contributed by atoms with van der Waals surface area (Å²) in [5.41, 5.74) is 9.49. The number of nitrogens with two attached hydrogens (primary N) is 1. The molecule has 0 atom stereocenters. The Hall–Kier alpha value is -0.780. The molecule has 100 valence electrons. The van der Waals surface area contributed by atoms with Gasteiger partial charge in [0.15, 0.2) is 0 Å². The van der Waals surface area contributed by atoms with Crippen LogP contribution in [0.25, 0.3) is 11.3 Å². The predicted octanol–water partition coefficient (Wildman–Crippen LogP) is 3.35. The number of hydrogen-bond donors (Lipinski definition) is 1. The summed E-state index contributed by atoms with van der Waals surface area (Å²) < 4.78 is 2.95. The summed E-state index contributed by atoms with van der Waals surface area (Å²) in [6, 6.07) is 6.71. The van der Waals surface area contributed by atoms with Crippen molar-refractivity contribution in [3.05, 3.63) is 34.2 Å². The number of thioether (sulfide) groups is 1. The summed E-state index contributed by atoms with van der Waals surface area (Å²) in [7, 11) is 2.02. The van der Waals surface area contributed by atoms with Crippen LogP contribution in [-0.2, 0) is 20.0 Å². The number of fused-ring (bicyclic) bond motifs is 1. The van der Waals surface area contributed by atoms with Crippen molar-refractivity contribution in [2.45, 2.75) is 24.3 Å². The van der Waals surface area contributed by atoms with Gasteiger partial charge in [-0.2, -0.15) is 0 Å². The van der Waals surface area contributed by atoms with Crippen molar-refractivity contribution in [2.75, 3.05) is 5.75 Å². The molecule has 3 rings (SSSR count). The minimum atomic E-state index is 0.454. The first-order chi connectivity index (χ1) is 9.20. The maximum atomic E-state index is 5.71. The number of nitrogens with zero attached hydrogens (tertiary/aromatic N) is 2. The first-order valence-corrected chi connectivity index (χ1v) is 8.16. The molecule has 1 aromatic heterocycles. The van der Waals surface area contributed by atoms with Crippen molar-refractivity contribution in [2.24, 2.45) is 12.8 Å². The molecule has 0 spiro atoms. The Kier molecular flexibility index (Phi) is 3.69. The van der Waals surface area contributed by atoms with Crippen LogP contribution in [0.4, 0.5) is 0 Å². The van der Waals surface area contributed by atoms with E-state index in [4.69, 9.17) is 5.73 Å². The molecule has 0 bridgehead atoms. The molecular weight excluding hydrogens is 322 g/mol. The highest BCUT2D eigenvalue weighted by atomic mass is 79.9. The van der Waals surface area contributed by atoms with Crippen LogP contribution in [0.15, 0.2) is 27.7 Å². The quantitative estimate of drug-likeness (QED) is 0.913. The molecule has 2 heterocycles. The number of halogens is 1. The van der Waals surface area contributed by atoms with Gasteiger partial charge in [-0.25, -0.2) is 4.98 Å². The Morgan fingerprint density at radius 3 is 3.05 bits per heavy atom. The van der Waals surface area contributed by atoms with E-state index in [1.165, 1.54) is 34.6 Å². The van der Waals surface area contributed by atoms with Crippen LogP contribution in [-0.4, -0.2) is 15.3 Å². The third kappa shape index (κ3) is 2.35. The first kappa shape index (κ1) is 13.2. The normalized spacial score (nSPS) is 14.5. The second kappa shape index (κ2) is 5.31. The average Bonchev–Trinajstić information content (AvgIpc) is 2.73. The van der Waals surface area contributed by atoms with Crippen molar-refractivity contribution >= 4 is 27.7 Å².